The number of aliphatic hydroxyl groups excluding tert-OH is 1. The lowest BCUT2D eigenvalue weighted by atomic mass is 9.82. The van der Waals surface area contributed by atoms with Crippen molar-refractivity contribution in [2.45, 2.75) is 82.1 Å². The lowest BCUT2D eigenvalue weighted by molar-refractivity contribution is -0.220. The molecule has 2 amide bonds. The van der Waals surface area contributed by atoms with Gasteiger partial charge in [-0.25, -0.2) is 14.2 Å². The van der Waals surface area contributed by atoms with Crippen LogP contribution in [-0.4, -0.2) is 114 Å². The molecule has 62 heavy (non-hydrogen) atoms. The summed E-state index contributed by atoms with van der Waals surface area (Å²) in [5.41, 5.74) is 1.64. The Hall–Kier alpha value is -5.60. The third kappa shape index (κ3) is 10.5. The lowest BCUT2D eigenvalue weighted by Crippen LogP contribution is -2.62. The number of alkyl halides is 3. The van der Waals surface area contributed by atoms with Gasteiger partial charge in [0.15, 0.2) is 0 Å². The Morgan fingerprint density at radius 1 is 0.871 bits per heavy atom. The monoisotopic (exact) mass is 857 g/mol. The van der Waals surface area contributed by atoms with E-state index in [4.69, 9.17) is 9.72 Å². The smallest absolute Gasteiger partial charge is 0.407 e. The van der Waals surface area contributed by atoms with Crippen LogP contribution in [0.3, 0.4) is 0 Å². The number of methoxy groups -OCH3 is 1. The Morgan fingerprint density at radius 3 is 2.11 bits per heavy atom. The first kappa shape index (κ1) is 44.5. The molecule has 2 aromatic carbocycles. The quantitative estimate of drug-likeness (QED) is 0.0986. The maximum atomic E-state index is 14.2. The van der Waals surface area contributed by atoms with E-state index in [0.717, 1.165) is 76.0 Å². The highest BCUT2D eigenvalue weighted by Gasteiger charge is 2.56. The fraction of sp³-hybridized carbons (Fsp3) is 0.435. The first-order chi connectivity index (χ1) is 29.7. The highest BCUT2D eigenvalue weighted by molar-refractivity contribution is 5.87. The summed E-state index contributed by atoms with van der Waals surface area (Å²) in [5.74, 6) is 5.66. The van der Waals surface area contributed by atoms with Gasteiger partial charge in [0, 0.05) is 61.1 Å². The van der Waals surface area contributed by atoms with E-state index >= 15 is 0 Å². The molecule has 3 saturated heterocycles. The van der Waals surface area contributed by atoms with Gasteiger partial charge >= 0.3 is 12.3 Å². The van der Waals surface area contributed by atoms with Crippen molar-refractivity contribution in [3.8, 4) is 23.1 Å². The number of aliphatic hydroxyl groups is 1. The number of hydrogen-bond acceptors (Lipinski definition) is 10. The number of carbonyl (C=O) groups excluding carboxylic acids is 2. The number of pyridine rings is 2. The van der Waals surface area contributed by atoms with Crippen LogP contribution in [0.15, 0.2) is 85.2 Å². The normalized spacial score (nSPS) is 19.4. The molecule has 4 aromatic rings. The standard InChI is InChI=1S/C46H51F4N7O5/c1-45(2,46(48,49)50)42(55-44(60)61-3)43(59)54-39(40(58)24-51-21-31-10-13-33(14-11-31)38-18-15-34(47)23-52-38)20-30-7-4-29(5-8-30)6-9-32-12-19-41(53-22-32)56-25-35-16-17-36(26-56)57(35)37-27-62-28-37/h4-5,7-8,10-15,18-19,22-23,35-37,39-40,42,51,58H,16-17,20-21,24-28H2,1-3H3,(H,54,59)(H,55,60)/t35?,36?,39-,40-,42+/m0/s1. The summed E-state index contributed by atoms with van der Waals surface area (Å²) in [6, 6.07) is 19.7. The Morgan fingerprint density at radius 2 is 1.53 bits per heavy atom. The van der Waals surface area contributed by atoms with Gasteiger partial charge in [-0.1, -0.05) is 48.2 Å². The predicted molar refractivity (Wildman–Crippen MR) is 224 cm³/mol. The summed E-state index contributed by atoms with van der Waals surface area (Å²) < 4.78 is 66.0. The summed E-state index contributed by atoms with van der Waals surface area (Å²) in [6.45, 7) is 5.41. The fourth-order valence-corrected chi connectivity index (χ4v) is 8.19. The number of rotatable bonds is 14. The van der Waals surface area contributed by atoms with Gasteiger partial charge in [-0.05, 0) is 80.6 Å². The third-order valence-corrected chi connectivity index (χ3v) is 12.0. The van der Waals surface area contributed by atoms with Gasteiger partial charge < -0.3 is 35.4 Å². The Balaban J connectivity index is 1.00. The number of aromatic nitrogens is 2. The molecule has 0 saturated carbocycles. The number of piperazine rings is 1. The van der Waals surface area contributed by atoms with Crippen LogP contribution in [0.4, 0.5) is 28.2 Å². The largest absolute Gasteiger partial charge is 0.453 e. The molecule has 328 valence electrons. The summed E-state index contributed by atoms with van der Waals surface area (Å²) in [5, 5.41) is 19.2. The molecule has 5 atom stereocenters. The van der Waals surface area contributed by atoms with E-state index in [1.54, 1.807) is 36.5 Å². The summed E-state index contributed by atoms with van der Waals surface area (Å²) >= 11 is 0. The van der Waals surface area contributed by atoms with Crippen LogP contribution in [-0.2, 0) is 27.2 Å². The number of amides is 2. The highest BCUT2D eigenvalue weighted by atomic mass is 19.4. The number of fused-ring (bicyclic) bond motifs is 2. The SMILES string of the molecule is COC(=O)N[C@H](C(=O)N[C@@H](Cc1ccc(C#Cc2ccc(N3CC4CCC(C3)N4C3COC3)nc2)cc1)[C@@H](O)CNCc1ccc(-c2ccc(F)cn2)cc1)C(C)(C)C(F)(F)F. The number of benzene rings is 2. The number of anilines is 1. The molecule has 2 bridgehead atoms. The van der Waals surface area contributed by atoms with Crippen LogP contribution >= 0.6 is 0 Å². The highest BCUT2D eigenvalue weighted by Crippen LogP contribution is 2.41. The molecule has 7 rings (SSSR count). The first-order valence-electron chi connectivity index (χ1n) is 20.7. The first-order valence-corrected chi connectivity index (χ1v) is 20.7. The summed E-state index contributed by atoms with van der Waals surface area (Å²) in [7, 11) is 0.982. The molecule has 3 aliphatic rings. The van der Waals surface area contributed by atoms with Crippen molar-refractivity contribution in [2.75, 3.05) is 44.9 Å². The number of alkyl carbamates (subject to hydrolysis) is 1. The number of carbonyl (C=O) groups is 2. The summed E-state index contributed by atoms with van der Waals surface area (Å²) in [6.07, 6.45) is -2.04. The molecule has 0 radical (unpaired) electrons. The van der Waals surface area contributed by atoms with Crippen LogP contribution in [0.5, 0.6) is 0 Å². The zero-order valence-corrected chi connectivity index (χ0v) is 34.8. The van der Waals surface area contributed by atoms with E-state index in [9.17, 15) is 32.3 Å². The second-order valence-corrected chi connectivity index (χ2v) is 16.6. The second kappa shape index (κ2) is 19.2. The molecule has 0 spiro atoms. The zero-order chi connectivity index (χ0) is 44.0. The van der Waals surface area contributed by atoms with Crippen molar-refractivity contribution in [1.29, 1.82) is 0 Å². The molecule has 2 unspecified atom stereocenters. The van der Waals surface area contributed by atoms with Crippen molar-refractivity contribution in [3.63, 3.8) is 0 Å². The number of hydrogen-bond donors (Lipinski definition) is 4. The third-order valence-electron chi connectivity index (χ3n) is 12.0. The van der Waals surface area contributed by atoms with Gasteiger partial charge in [0.05, 0.1) is 55.8 Å². The van der Waals surface area contributed by atoms with Gasteiger partial charge in [0.2, 0.25) is 5.91 Å². The second-order valence-electron chi connectivity index (χ2n) is 16.6. The van der Waals surface area contributed by atoms with E-state index in [0.29, 0.717) is 41.5 Å². The van der Waals surface area contributed by atoms with Gasteiger partial charge in [-0.3, -0.25) is 14.7 Å². The molecule has 4 N–H and O–H groups in total. The minimum atomic E-state index is -4.89. The molecule has 12 nitrogen and oxygen atoms in total. The van der Waals surface area contributed by atoms with E-state index in [2.05, 4.69) is 42.0 Å². The van der Waals surface area contributed by atoms with Crippen LogP contribution in [0.1, 0.15) is 48.9 Å². The molecular formula is C46H51F4N7O5. The molecule has 2 aromatic heterocycles. The molecular weight excluding hydrogens is 807 g/mol. The van der Waals surface area contributed by atoms with Crippen molar-refractivity contribution in [3.05, 3.63) is 113 Å². The molecule has 0 aliphatic carbocycles. The van der Waals surface area contributed by atoms with E-state index < -0.39 is 47.6 Å². The van der Waals surface area contributed by atoms with Crippen LogP contribution in [0.2, 0.25) is 0 Å². The van der Waals surface area contributed by atoms with Gasteiger partial charge in [0.25, 0.3) is 0 Å². The maximum Gasteiger partial charge on any atom is 0.407 e. The Kier molecular flexibility index (Phi) is 13.8. The Labute approximate surface area is 358 Å². The predicted octanol–water partition coefficient (Wildman–Crippen LogP) is 5.23. The van der Waals surface area contributed by atoms with Crippen molar-refractivity contribution in [2.24, 2.45) is 5.41 Å². The molecule has 5 heterocycles. The van der Waals surface area contributed by atoms with Gasteiger partial charge in [-0.2, -0.15) is 13.2 Å². The lowest BCUT2D eigenvalue weighted by Gasteiger charge is -2.47. The van der Waals surface area contributed by atoms with E-state index in [1.807, 2.05) is 41.7 Å². The van der Waals surface area contributed by atoms with Crippen molar-refractivity contribution < 1.29 is 41.7 Å². The average Bonchev–Trinajstić information content (AvgIpc) is 3.47. The number of ether oxygens (including phenoxy) is 2. The summed E-state index contributed by atoms with van der Waals surface area (Å²) in [4.78, 5) is 39.6. The fourth-order valence-electron chi connectivity index (χ4n) is 8.19. The van der Waals surface area contributed by atoms with Crippen LogP contribution in [0, 0.1) is 23.1 Å². The van der Waals surface area contributed by atoms with Gasteiger partial charge in [0.1, 0.15) is 17.7 Å². The average molecular weight is 858 g/mol. The van der Waals surface area contributed by atoms with Crippen molar-refractivity contribution in [1.82, 2.24) is 30.8 Å². The number of nitrogens with one attached hydrogen (secondary N) is 3. The van der Waals surface area contributed by atoms with Crippen LogP contribution in [0.25, 0.3) is 11.3 Å². The van der Waals surface area contributed by atoms with Crippen molar-refractivity contribution >= 4 is 17.8 Å². The Bertz CT molecular complexity index is 2200. The van der Waals surface area contributed by atoms with E-state index in [1.165, 1.54) is 18.9 Å². The van der Waals surface area contributed by atoms with Gasteiger partial charge in [-0.15, -0.1) is 0 Å². The minimum Gasteiger partial charge on any atom is -0.453 e. The number of halogens is 4. The maximum absolute atomic E-state index is 14.2. The molecule has 16 heteroatoms. The number of nitrogens with zero attached hydrogens (tertiary/aromatic N) is 4. The molecule has 3 aliphatic heterocycles. The molecule has 3 fully saturated rings. The van der Waals surface area contributed by atoms with E-state index in [-0.39, 0.29) is 13.0 Å². The van der Waals surface area contributed by atoms with Crippen LogP contribution < -0.4 is 20.9 Å². The zero-order valence-electron chi connectivity index (χ0n) is 34.8. The topological polar surface area (TPSA) is 141 Å². The minimum absolute atomic E-state index is 0.0366.